The molecule has 1 heterocycles. The predicted octanol–water partition coefficient (Wildman–Crippen LogP) is 5.40. The van der Waals surface area contributed by atoms with Gasteiger partial charge in [-0.2, -0.15) is 4.31 Å². The van der Waals surface area contributed by atoms with Crippen molar-refractivity contribution in [3.05, 3.63) is 65.2 Å². The summed E-state index contributed by atoms with van der Waals surface area (Å²) in [5.41, 5.74) is 0.842. The molecule has 1 aromatic carbocycles. The summed E-state index contributed by atoms with van der Waals surface area (Å²) in [6, 6.07) is 4.51. The van der Waals surface area contributed by atoms with Crippen LogP contribution in [-0.2, 0) is 16.6 Å². The number of sulfonamides is 1. The number of alkyl halides is 1. The molecule has 0 amide bonds. The summed E-state index contributed by atoms with van der Waals surface area (Å²) in [4.78, 5) is 4.27. The number of aromatic nitrogens is 1. The lowest BCUT2D eigenvalue weighted by molar-refractivity contribution is 0.247. The Bertz CT molecular complexity index is 1040. The molecule has 1 atom stereocenters. The molecule has 1 unspecified atom stereocenters. The van der Waals surface area contributed by atoms with E-state index in [2.05, 4.69) is 4.98 Å². The van der Waals surface area contributed by atoms with Crippen LogP contribution in [0.2, 0.25) is 0 Å². The first-order chi connectivity index (χ1) is 14.4. The SMILES string of the molecule is O=S(=O)(C1=CCC(Cl)C=C1)N(Cc1ccc(-c2ncco2)cc1F)C1CCCCC1. The lowest BCUT2D eigenvalue weighted by Crippen LogP contribution is -2.41. The molecule has 4 rings (SSSR count). The van der Waals surface area contributed by atoms with Gasteiger partial charge in [-0.05, 0) is 37.5 Å². The number of oxazole rings is 1. The Kier molecular flexibility index (Phi) is 6.41. The highest BCUT2D eigenvalue weighted by atomic mass is 35.5. The van der Waals surface area contributed by atoms with Crippen LogP contribution in [-0.4, -0.2) is 29.1 Å². The number of nitrogens with zero attached hydrogens (tertiary/aromatic N) is 2. The fourth-order valence-electron chi connectivity index (χ4n) is 4.02. The Labute approximate surface area is 181 Å². The van der Waals surface area contributed by atoms with E-state index in [0.29, 0.717) is 23.4 Å². The van der Waals surface area contributed by atoms with E-state index in [4.69, 9.17) is 16.0 Å². The minimum absolute atomic E-state index is 0.0137. The van der Waals surface area contributed by atoms with Crippen molar-refractivity contribution in [2.24, 2.45) is 0 Å². The second-order valence-corrected chi connectivity index (χ2v) is 10.2. The van der Waals surface area contributed by atoms with Crippen LogP contribution in [0.15, 0.2) is 58.2 Å². The molecule has 2 aliphatic carbocycles. The number of hydrogen-bond acceptors (Lipinski definition) is 4. The van der Waals surface area contributed by atoms with Crippen LogP contribution < -0.4 is 0 Å². The van der Waals surface area contributed by atoms with Crippen molar-refractivity contribution in [3.63, 3.8) is 0 Å². The Morgan fingerprint density at radius 2 is 2.03 bits per heavy atom. The summed E-state index contributed by atoms with van der Waals surface area (Å²) in [6.07, 6.45) is 12.9. The normalized spacial score (nSPS) is 20.5. The van der Waals surface area contributed by atoms with Crippen molar-refractivity contribution >= 4 is 21.6 Å². The number of halogens is 2. The van der Waals surface area contributed by atoms with Gasteiger partial charge in [0.15, 0.2) is 0 Å². The third-order valence-corrected chi connectivity index (χ3v) is 7.93. The minimum atomic E-state index is -3.76. The van der Waals surface area contributed by atoms with Crippen LogP contribution in [0.4, 0.5) is 4.39 Å². The first-order valence-corrected chi connectivity index (χ1v) is 12.1. The predicted molar refractivity (Wildman–Crippen MR) is 115 cm³/mol. The Hall–Kier alpha value is -1.96. The Morgan fingerprint density at radius 1 is 1.23 bits per heavy atom. The highest BCUT2D eigenvalue weighted by Gasteiger charge is 2.34. The van der Waals surface area contributed by atoms with Crippen LogP contribution >= 0.6 is 11.6 Å². The monoisotopic (exact) mass is 450 g/mol. The van der Waals surface area contributed by atoms with E-state index >= 15 is 0 Å². The van der Waals surface area contributed by atoms with Crippen LogP contribution in [0.3, 0.4) is 0 Å². The third kappa shape index (κ3) is 4.53. The summed E-state index contributed by atoms with van der Waals surface area (Å²) >= 11 is 6.07. The van der Waals surface area contributed by atoms with Gasteiger partial charge in [-0.1, -0.05) is 37.5 Å². The summed E-state index contributed by atoms with van der Waals surface area (Å²) in [6.45, 7) is -0.0137. The van der Waals surface area contributed by atoms with Crippen molar-refractivity contribution in [3.8, 4) is 11.5 Å². The summed E-state index contributed by atoms with van der Waals surface area (Å²) in [5.74, 6) is -0.152. The molecule has 5 nitrogen and oxygen atoms in total. The highest BCUT2D eigenvalue weighted by Crippen LogP contribution is 2.32. The van der Waals surface area contributed by atoms with E-state index in [-0.39, 0.29) is 22.9 Å². The zero-order valence-electron chi connectivity index (χ0n) is 16.5. The summed E-state index contributed by atoms with van der Waals surface area (Å²) < 4.78 is 48.6. The van der Waals surface area contributed by atoms with E-state index < -0.39 is 15.8 Å². The van der Waals surface area contributed by atoms with Gasteiger partial charge in [0.05, 0.1) is 16.5 Å². The molecule has 1 aromatic heterocycles. The molecule has 0 bridgehead atoms. The molecular weight excluding hydrogens is 427 g/mol. The molecule has 1 fully saturated rings. The summed E-state index contributed by atoms with van der Waals surface area (Å²) in [7, 11) is -3.76. The van der Waals surface area contributed by atoms with Gasteiger partial charge < -0.3 is 4.42 Å². The number of hydrogen-bond donors (Lipinski definition) is 0. The molecule has 0 aliphatic heterocycles. The molecule has 0 saturated heterocycles. The molecular formula is C22H24ClFN2O3S. The quantitative estimate of drug-likeness (QED) is 0.553. The second-order valence-electron chi connectivity index (χ2n) is 7.70. The molecule has 160 valence electrons. The van der Waals surface area contributed by atoms with Gasteiger partial charge in [0.1, 0.15) is 12.1 Å². The van der Waals surface area contributed by atoms with Gasteiger partial charge >= 0.3 is 0 Å². The van der Waals surface area contributed by atoms with Crippen molar-refractivity contribution in [2.45, 2.75) is 56.5 Å². The minimum Gasteiger partial charge on any atom is -0.445 e. The molecule has 0 radical (unpaired) electrons. The maximum absolute atomic E-state index is 14.9. The average Bonchev–Trinajstić information content (AvgIpc) is 3.28. The molecule has 1 saturated carbocycles. The van der Waals surface area contributed by atoms with Gasteiger partial charge in [-0.15, -0.1) is 11.6 Å². The fourth-order valence-corrected chi connectivity index (χ4v) is 5.93. The van der Waals surface area contributed by atoms with Gasteiger partial charge in [0, 0.05) is 23.7 Å². The largest absolute Gasteiger partial charge is 0.445 e. The molecule has 8 heteroatoms. The van der Waals surface area contributed by atoms with E-state index in [0.717, 1.165) is 32.1 Å². The van der Waals surface area contributed by atoms with E-state index in [1.165, 1.54) is 22.8 Å². The van der Waals surface area contributed by atoms with E-state index in [1.54, 1.807) is 30.4 Å². The molecule has 2 aliphatic rings. The van der Waals surface area contributed by atoms with Gasteiger partial charge in [0.25, 0.3) is 0 Å². The maximum atomic E-state index is 14.9. The van der Waals surface area contributed by atoms with Crippen LogP contribution in [0, 0.1) is 5.82 Å². The van der Waals surface area contributed by atoms with Crippen molar-refractivity contribution < 1.29 is 17.2 Å². The standard InChI is InChI=1S/C22H24ClFN2O3S/c23-18-8-10-20(11-9-18)30(27,28)26(19-4-2-1-3-5-19)15-17-7-6-16(14-21(17)24)22-25-12-13-29-22/h6-8,10-14,18-19H,1-5,9,15H2. The van der Waals surface area contributed by atoms with E-state index in [9.17, 15) is 12.8 Å². The lowest BCUT2D eigenvalue weighted by atomic mass is 9.95. The molecule has 2 aromatic rings. The summed E-state index contributed by atoms with van der Waals surface area (Å²) in [5, 5.41) is -0.202. The molecule has 30 heavy (non-hydrogen) atoms. The van der Waals surface area contributed by atoms with Crippen molar-refractivity contribution in [1.82, 2.24) is 9.29 Å². The average molecular weight is 451 g/mol. The van der Waals surface area contributed by atoms with Gasteiger partial charge in [-0.25, -0.2) is 17.8 Å². The zero-order valence-corrected chi connectivity index (χ0v) is 18.1. The Balaban J connectivity index is 1.64. The van der Waals surface area contributed by atoms with Gasteiger partial charge in [-0.3, -0.25) is 0 Å². The first-order valence-electron chi connectivity index (χ1n) is 10.2. The van der Waals surface area contributed by atoms with Crippen molar-refractivity contribution in [1.29, 1.82) is 0 Å². The molecule has 0 N–H and O–H groups in total. The second kappa shape index (κ2) is 9.04. The van der Waals surface area contributed by atoms with Gasteiger partial charge in [0.2, 0.25) is 15.9 Å². The van der Waals surface area contributed by atoms with E-state index in [1.807, 2.05) is 0 Å². The fraction of sp³-hybridized carbons (Fsp3) is 0.409. The number of rotatable bonds is 6. The Morgan fingerprint density at radius 3 is 2.67 bits per heavy atom. The first kappa shape index (κ1) is 21.3. The molecule has 0 spiro atoms. The highest BCUT2D eigenvalue weighted by molar-refractivity contribution is 7.93. The lowest BCUT2D eigenvalue weighted by Gasteiger charge is -2.34. The van der Waals surface area contributed by atoms with Crippen LogP contribution in [0.1, 0.15) is 44.1 Å². The third-order valence-electron chi connectivity index (χ3n) is 5.66. The zero-order chi connectivity index (χ0) is 21.1. The number of allylic oxidation sites excluding steroid dienone is 3. The van der Waals surface area contributed by atoms with Crippen LogP contribution in [0.25, 0.3) is 11.5 Å². The topological polar surface area (TPSA) is 63.4 Å². The smallest absolute Gasteiger partial charge is 0.243 e. The maximum Gasteiger partial charge on any atom is 0.243 e. The number of benzene rings is 1. The van der Waals surface area contributed by atoms with Crippen molar-refractivity contribution in [2.75, 3.05) is 0 Å². The van der Waals surface area contributed by atoms with Crippen LogP contribution in [0.5, 0.6) is 0 Å².